The number of phenolic OH excluding ortho intramolecular Hbond substituents is 1. The largest absolute Gasteiger partial charge is 0.504 e. The highest BCUT2D eigenvalue weighted by Crippen LogP contribution is 2.37. The summed E-state index contributed by atoms with van der Waals surface area (Å²) in [5.41, 5.74) is 6.42. The number of phenols is 1. The first kappa shape index (κ1) is 8.69. The van der Waals surface area contributed by atoms with Crippen molar-refractivity contribution in [2.24, 2.45) is 0 Å². The third kappa shape index (κ3) is 1.14. The van der Waals surface area contributed by atoms with E-state index < -0.39 is 0 Å². The number of fused-ring (bicyclic) bond motifs is 1. The van der Waals surface area contributed by atoms with Crippen LogP contribution in [-0.4, -0.2) is 12.2 Å². The molecule has 2 rings (SSSR count). The summed E-state index contributed by atoms with van der Waals surface area (Å²) >= 11 is 0. The maximum atomic E-state index is 9.79. The highest BCUT2D eigenvalue weighted by Gasteiger charge is 2.08. The van der Waals surface area contributed by atoms with Gasteiger partial charge in [-0.1, -0.05) is 24.3 Å². The van der Waals surface area contributed by atoms with Gasteiger partial charge in [-0.25, -0.2) is 0 Å². The molecular formula is C11H11NO2. The van der Waals surface area contributed by atoms with Crippen LogP contribution in [0.4, 0.5) is 5.69 Å². The lowest BCUT2D eigenvalue weighted by molar-refractivity contribution is 0.377. The molecule has 0 radical (unpaired) electrons. The maximum Gasteiger partial charge on any atom is 0.165 e. The Labute approximate surface area is 81.7 Å². The van der Waals surface area contributed by atoms with E-state index in [-0.39, 0.29) is 5.75 Å². The molecule has 0 spiro atoms. The van der Waals surface area contributed by atoms with Crippen LogP contribution in [0.2, 0.25) is 0 Å². The number of rotatable bonds is 1. The Morgan fingerprint density at radius 1 is 1.21 bits per heavy atom. The smallest absolute Gasteiger partial charge is 0.165 e. The molecule has 0 unspecified atom stereocenters. The van der Waals surface area contributed by atoms with E-state index in [1.165, 1.54) is 7.11 Å². The quantitative estimate of drug-likeness (QED) is 0.533. The van der Waals surface area contributed by atoms with E-state index in [9.17, 15) is 5.11 Å². The molecular weight excluding hydrogens is 178 g/mol. The molecule has 0 aliphatic rings. The lowest BCUT2D eigenvalue weighted by atomic mass is 10.1. The second kappa shape index (κ2) is 3.10. The molecule has 3 N–H and O–H groups in total. The lowest BCUT2D eigenvalue weighted by Crippen LogP contribution is -1.91. The second-order valence-corrected chi connectivity index (χ2v) is 3.06. The summed E-state index contributed by atoms with van der Waals surface area (Å²) in [5.74, 6) is 0.540. The Kier molecular flexibility index (Phi) is 1.93. The molecule has 0 aliphatic carbocycles. The molecule has 0 aromatic heterocycles. The number of nitrogens with two attached hydrogens (primary N) is 1. The van der Waals surface area contributed by atoms with Gasteiger partial charge in [0, 0.05) is 22.5 Å². The molecule has 2 aromatic rings. The number of methoxy groups -OCH3 is 1. The van der Waals surface area contributed by atoms with Crippen molar-refractivity contribution < 1.29 is 9.84 Å². The first-order valence-electron chi connectivity index (χ1n) is 4.28. The number of aromatic hydroxyl groups is 1. The van der Waals surface area contributed by atoms with Crippen LogP contribution in [0.25, 0.3) is 10.8 Å². The summed E-state index contributed by atoms with van der Waals surface area (Å²) in [5, 5.41) is 11.3. The van der Waals surface area contributed by atoms with E-state index in [2.05, 4.69) is 0 Å². The molecule has 0 saturated heterocycles. The average Bonchev–Trinajstić information content (AvgIpc) is 2.23. The Bertz CT molecular complexity index is 480. The van der Waals surface area contributed by atoms with Crippen molar-refractivity contribution in [3.8, 4) is 11.5 Å². The van der Waals surface area contributed by atoms with Crippen molar-refractivity contribution >= 4 is 16.5 Å². The van der Waals surface area contributed by atoms with Gasteiger partial charge in [-0.05, 0) is 0 Å². The van der Waals surface area contributed by atoms with Crippen molar-refractivity contribution in [1.29, 1.82) is 0 Å². The fourth-order valence-corrected chi connectivity index (χ4v) is 1.52. The van der Waals surface area contributed by atoms with Crippen LogP contribution >= 0.6 is 0 Å². The summed E-state index contributed by atoms with van der Waals surface area (Å²) in [6.07, 6.45) is 0. The highest BCUT2D eigenvalue weighted by atomic mass is 16.5. The van der Waals surface area contributed by atoms with Gasteiger partial charge in [0.1, 0.15) is 0 Å². The van der Waals surface area contributed by atoms with E-state index in [0.29, 0.717) is 16.8 Å². The van der Waals surface area contributed by atoms with Gasteiger partial charge in [-0.15, -0.1) is 0 Å². The van der Waals surface area contributed by atoms with E-state index in [0.717, 1.165) is 5.39 Å². The first-order valence-corrected chi connectivity index (χ1v) is 4.28. The SMILES string of the molecule is COc1cc(N)c2ccccc2c1O. The van der Waals surface area contributed by atoms with Crippen LogP contribution in [0, 0.1) is 0 Å². The van der Waals surface area contributed by atoms with Crippen molar-refractivity contribution in [3.05, 3.63) is 30.3 Å². The molecule has 0 bridgehead atoms. The summed E-state index contributed by atoms with van der Waals surface area (Å²) in [6, 6.07) is 9.02. The molecule has 72 valence electrons. The lowest BCUT2D eigenvalue weighted by Gasteiger charge is -2.08. The van der Waals surface area contributed by atoms with Crippen LogP contribution in [0.5, 0.6) is 11.5 Å². The van der Waals surface area contributed by atoms with E-state index in [1.54, 1.807) is 6.07 Å². The Hall–Kier alpha value is -1.90. The Balaban J connectivity index is 2.87. The number of ether oxygens (including phenoxy) is 1. The van der Waals surface area contributed by atoms with Crippen molar-refractivity contribution in [2.45, 2.75) is 0 Å². The van der Waals surface area contributed by atoms with Gasteiger partial charge in [0.25, 0.3) is 0 Å². The zero-order chi connectivity index (χ0) is 10.1. The Morgan fingerprint density at radius 2 is 1.86 bits per heavy atom. The van der Waals surface area contributed by atoms with Gasteiger partial charge < -0.3 is 15.6 Å². The van der Waals surface area contributed by atoms with Gasteiger partial charge in [0.15, 0.2) is 11.5 Å². The molecule has 0 saturated carbocycles. The van der Waals surface area contributed by atoms with Crippen molar-refractivity contribution in [1.82, 2.24) is 0 Å². The standard InChI is InChI=1S/C11H11NO2/c1-14-10-6-9(12)7-4-2-3-5-8(7)11(10)13/h2-6,13H,12H2,1H3. The first-order chi connectivity index (χ1) is 6.74. The van der Waals surface area contributed by atoms with Crippen LogP contribution in [0.15, 0.2) is 30.3 Å². The van der Waals surface area contributed by atoms with Crippen LogP contribution in [0.3, 0.4) is 0 Å². The monoisotopic (exact) mass is 189 g/mol. The van der Waals surface area contributed by atoms with Crippen LogP contribution in [-0.2, 0) is 0 Å². The van der Waals surface area contributed by atoms with Crippen molar-refractivity contribution in [2.75, 3.05) is 12.8 Å². The minimum absolute atomic E-state index is 0.136. The molecule has 3 heteroatoms. The predicted molar refractivity (Wildman–Crippen MR) is 56.6 cm³/mol. The summed E-state index contributed by atoms with van der Waals surface area (Å²) in [4.78, 5) is 0. The minimum Gasteiger partial charge on any atom is -0.504 e. The molecule has 0 aliphatic heterocycles. The van der Waals surface area contributed by atoms with Crippen LogP contribution < -0.4 is 10.5 Å². The molecule has 0 atom stereocenters. The summed E-state index contributed by atoms with van der Waals surface area (Å²) < 4.78 is 5.00. The van der Waals surface area contributed by atoms with Crippen LogP contribution in [0.1, 0.15) is 0 Å². The molecule has 14 heavy (non-hydrogen) atoms. The van der Waals surface area contributed by atoms with Crippen molar-refractivity contribution in [3.63, 3.8) is 0 Å². The normalized spacial score (nSPS) is 10.4. The molecule has 0 heterocycles. The molecule has 2 aromatic carbocycles. The molecule has 3 nitrogen and oxygen atoms in total. The fourth-order valence-electron chi connectivity index (χ4n) is 1.52. The Morgan fingerprint density at radius 3 is 2.50 bits per heavy atom. The number of anilines is 1. The zero-order valence-corrected chi connectivity index (χ0v) is 7.82. The van der Waals surface area contributed by atoms with Gasteiger partial charge >= 0.3 is 0 Å². The predicted octanol–water partition coefficient (Wildman–Crippen LogP) is 2.14. The van der Waals surface area contributed by atoms with Gasteiger partial charge in [-0.2, -0.15) is 0 Å². The number of benzene rings is 2. The number of nitrogen functional groups attached to an aromatic ring is 1. The average molecular weight is 189 g/mol. The summed E-state index contributed by atoms with van der Waals surface area (Å²) in [6.45, 7) is 0. The van der Waals surface area contributed by atoms with E-state index in [1.807, 2.05) is 24.3 Å². The third-order valence-electron chi connectivity index (χ3n) is 2.23. The minimum atomic E-state index is 0.136. The fraction of sp³-hybridized carbons (Fsp3) is 0.0909. The third-order valence-corrected chi connectivity index (χ3v) is 2.23. The zero-order valence-electron chi connectivity index (χ0n) is 7.82. The van der Waals surface area contributed by atoms with Gasteiger partial charge in [-0.3, -0.25) is 0 Å². The topological polar surface area (TPSA) is 55.5 Å². The number of hydrogen-bond acceptors (Lipinski definition) is 3. The van der Waals surface area contributed by atoms with E-state index in [4.69, 9.17) is 10.5 Å². The highest BCUT2D eigenvalue weighted by molar-refractivity contribution is 5.98. The maximum absolute atomic E-state index is 9.79. The molecule has 0 fully saturated rings. The van der Waals surface area contributed by atoms with E-state index >= 15 is 0 Å². The second-order valence-electron chi connectivity index (χ2n) is 3.06. The summed E-state index contributed by atoms with van der Waals surface area (Å²) in [7, 11) is 1.50. The molecule has 0 amide bonds. The number of hydrogen-bond donors (Lipinski definition) is 2. The van der Waals surface area contributed by atoms with Gasteiger partial charge in [0.05, 0.1) is 7.11 Å². The van der Waals surface area contributed by atoms with Gasteiger partial charge in [0.2, 0.25) is 0 Å².